The van der Waals surface area contributed by atoms with Crippen molar-refractivity contribution in [3.63, 3.8) is 0 Å². The van der Waals surface area contributed by atoms with Gasteiger partial charge in [-0.3, -0.25) is 13.9 Å². The largest absolute Gasteiger partial charge is 0.495 e. The van der Waals surface area contributed by atoms with Crippen molar-refractivity contribution in [3.8, 4) is 5.75 Å². The molecule has 4 rings (SSSR count). The zero-order chi connectivity index (χ0) is 31.1. The molecule has 0 saturated heterocycles. The number of anilines is 1. The Kier molecular flexibility index (Phi) is 11.0. The topological polar surface area (TPSA) is 96.0 Å². The zero-order valence-corrected chi connectivity index (χ0v) is 26.9. The van der Waals surface area contributed by atoms with Crippen LogP contribution in [0.2, 0.25) is 10.0 Å². The molecule has 3 aromatic rings. The summed E-state index contributed by atoms with van der Waals surface area (Å²) in [5, 5.41) is 3.91. The van der Waals surface area contributed by atoms with Crippen LogP contribution in [0, 0.1) is 6.92 Å². The molecule has 2 amide bonds. The Bertz CT molecular complexity index is 1550. The van der Waals surface area contributed by atoms with Gasteiger partial charge in [0, 0.05) is 29.1 Å². The molecule has 0 aliphatic heterocycles. The molecule has 0 spiro atoms. The van der Waals surface area contributed by atoms with Crippen molar-refractivity contribution in [1.82, 2.24) is 10.2 Å². The van der Waals surface area contributed by atoms with Crippen LogP contribution in [0.3, 0.4) is 0 Å². The highest BCUT2D eigenvalue weighted by atomic mass is 35.5. The predicted molar refractivity (Wildman–Crippen MR) is 171 cm³/mol. The van der Waals surface area contributed by atoms with E-state index in [1.807, 2.05) is 37.3 Å². The average Bonchev–Trinajstić information content (AvgIpc) is 3.47. The molecule has 1 fully saturated rings. The Hall–Kier alpha value is -3.27. The fourth-order valence-electron chi connectivity index (χ4n) is 5.34. The highest BCUT2D eigenvalue weighted by Crippen LogP contribution is 2.32. The summed E-state index contributed by atoms with van der Waals surface area (Å²) in [5.41, 5.74) is 2.46. The summed E-state index contributed by atoms with van der Waals surface area (Å²) in [6.07, 6.45) is 5.06. The highest BCUT2D eigenvalue weighted by Gasteiger charge is 2.35. The van der Waals surface area contributed by atoms with Gasteiger partial charge in [0.15, 0.2) is 0 Å². The maximum Gasteiger partial charge on any atom is 0.244 e. The molecule has 11 heteroatoms. The number of benzene rings is 3. The fourth-order valence-corrected chi connectivity index (χ4v) is 6.66. The van der Waals surface area contributed by atoms with Crippen molar-refractivity contribution < 1.29 is 22.7 Å². The van der Waals surface area contributed by atoms with Crippen LogP contribution < -0.4 is 14.4 Å². The van der Waals surface area contributed by atoms with E-state index < -0.39 is 28.5 Å². The van der Waals surface area contributed by atoms with Gasteiger partial charge in [-0.2, -0.15) is 0 Å². The molecule has 1 N–H and O–H groups in total. The van der Waals surface area contributed by atoms with E-state index in [1.54, 1.807) is 36.4 Å². The van der Waals surface area contributed by atoms with Crippen LogP contribution in [0.4, 0.5) is 5.69 Å². The second-order valence-electron chi connectivity index (χ2n) is 10.9. The smallest absolute Gasteiger partial charge is 0.244 e. The molecule has 1 atom stereocenters. The number of methoxy groups -OCH3 is 1. The number of amides is 2. The van der Waals surface area contributed by atoms with E-state index in [9.17, 15) is 18.0 Å². The van der Waals surface area contributed by atoms with Crippen LogP contribution in [-0.2, 0) is 32.6 Å². The normalized spacial score (nSPS) is 14.3. The van der Waals surface area contributed by atoms with Crippen LogP contribution in [0.25, 0.3) is 0 Å². The number of nitrogens with zero attached hydrogens (tertiary/aromatic N) is 2. The molecule has 0 bridgehead atoms. The van der Waals surface area contributed by atoms with Gasteiger partial charge in [-0.25, -0.2) is 8.42 Å². The molecular weight excluding hydrogens is 609 g/mol. The van der Waals surface area contributed by atoms with Gasteiger partial charge in [0.05, 0.1) is 19.1 Å². The van der Waals surface area contributed by atoms with Crippen LogP contribution in [-0.4, -0.2) is 57.1 Å². The van der Waals surface area contributed by atoms with E-state index in [0.29, 0.717) is 21.4 Å². The molecule has 8 nitrogen and oxygen atoms in total. The van der Waals surface area contributed by atoms with Gasteiger partial charge in [0.1, 0.15) is 18.3 Å². The minimum absolute atomic E-state index is 0.0194. The molecule has 1 unspecified atom stereocenters. The number of sulfonamides is 1. The standard InChI is InChI=1S/C32H37Cl2N3O5S/c1-22-13-16-30(42-2)28(17-22)37(43(3,40)41)21-31(38)36(20-24-14-15-25(33)19-27(24)34)29(18-23-9-5-4-6-10-23)32(39)35-26-11-7-8-12-26/h4-6,9-10,13-17,19,26,29H,7-8,11-12,18,20-21H2,1-3H3,(H,35,39). The Morgan fingerprint density at radius 1 is 1.02 bits per heavy atom. The van der Waals surface area contributed by atoms with Crippen molar-refractivity contribution in [1.29, 1.82) is 0 Å². The summed E-state index contributed by atoms with van der Waals surface area (Å²) in [4.78, 5) is 29.7. The third-order valence-electron chi connectivity index (χ3n) is 7.61. The van der Waals surface area contributed by atoms with Crippen LogP contribution >= 0.6 is 23.2 Å². The van der Waals surface area contributed by atoms with Crippen molar-refractivity contribution in [3.05, 3.63) is 93.5 Å². The second-order valence-corrected chi connectivity index (χ2v) is 13.6. The summed E-state index contributed by atoms with van der Waals surface area (Å²) in [6.45, 7) is 1.24. The molecule has 43 heavy (non-hydrogen) atoms. The molecule has 3 aromatic carbocycles. The fraction of sp³-hybridized carbons (Fsp3) is 0.375. The zero-order valence-electron chi connectivity index (χ0n) is 24.6. The summed E-state index contributed by atoms with van der Waals surface area (Å²) in [6, 6.07) is 18.6. The summed E-state index contributed by atoms with van der Waals surface area (Å²) >= 11 is 12.7. The predicted octanol–water partition coefficient (Wildman–Crippen LogP) is 5.78. The van der Waals surface area contributed by atoms with Crippen LogP contribution in [0.1, 0.15) is 42.4 Å². The molecule has 230 valence electrons. The molecule has 1 aliphatic rings. The number of halogens is 2. The minimum atomic E-state index is -3.94. The van der Waals surface area contributed by atoms with Crippen LogP contribution in [0.5, 0.6) is 5.75 Å². The highest BCUT2D eigenvalue weighted by molar-refractivity contribution is 7.92. The molecule has 0 heterocycles. The number of aryl methyl sites for hydroxylation is 1. The van der Waals surface area contributed by atoms with Gasteiger partial charge in [-0.05, 0) is 60.7 Å². The number of ether oxygens (including phenoxy) is 1. The Morgan fingerprint density at radius 3 is 2.35 bits per heavy atom. The minimum Gasteiger partial charge on any atom is -0.495 e. The lowest BCUT2D eigenvalue weighted by molar-refractivity contribution is -0.140. The lowest BCUT2D eigenvalue weighted by atomic mass is 10.0. The second kappa shape index (κ2) is 14.5. The van der Waals surface area contributed by atoms with Gasteiger partial charge in [0.25, 0.3) is 0 Å². The van der Waals surface area contributed by atoms with E-state index in [0.717, 1.165) is 47.4 Å². The first-order valence-electron chi connectivity index (χ1n) is 14.2. The molecule has 1 saturated carbocycles. The summed E-state index contributed by atoms with van der Waals surface area (Å²) in [5.74, 6) is -0.563. The molecule has 1 aliphatic carbocycles. The molecular formula is C32H37Cl2N3O5S. The van der Waals surface area contributed by atoms with Crippen LogP contribution in [0.15, 0.2) is 66.7 Å². The maximum absolute atomic E-state index is 14.3. The summed E-state index contributed by atoms with van der Waals surface area (Å²) < 4.78 is 32.7. The van der Waals surface area contributed by atoms with Gasteiger partial charge >= 0.3 is 0 Å². The number of hydrogen-bond donors (Lipinski definition) is 1. The van der Waals surface area contributed by atoms with Gasteiger partial charge in [-0.15, -0.1) is 0 Å². The first-order valence-corrected chi connectivity index (χ1v) is 16.8. The quantitative estimate of drug-likeness (QED) is 0.270. The first kappa shape index (κ1) is 32.6. The summed E-state index contributed by atoms with van der Waals surface area (Å²) in [7, 11) is -2.51. The van der Waals surface area contributed by atoms with E-state index in [-0.39, 0.29) is 30.6 Å². The SMILES string of the molecule is COc1ccc(C)cc1N(CC(=O)N(Cc1ccc(Cl)cc1Cl)C(Cc1ccccc1)C(=O)NC1CCCC1)S(C)(=O)=O. The van der Waals surface area contributed by atoms with Gasteiger partial charge in [-0.1, -0.05) is 78.5 Å². The average molecular weight is 647 g/mol. The maximum atomic E-state index is 14.3. The van der Waals surface area contributed by atoms with Gasteiger partial charge in [0.2, 0.25) is 21.8 Å². The number of nitrogens with one attached hydrogen (secondary N) is 1. The Balaban J connectivity index is 1.78. The van der Waals surface area contributed by atoms with E-state index in [2.05, 4.69) is 5.32 Å². The number of rotatable bonds is 12. The third kappa shape index (κ3) is 8.65. The number of hydrogen-bond acceptors (Lipinski definition) is 5. The number of carbonyl (C=O) groups is 2. The Morgan fingerprint density at radius 2 is 1.72 bits per heavy atom. The lowest BCUT2D eigenvalue weighted by Crippen LogP contribution is -2.54. The lowest BCUT2D eigenvalue weighted by Gasteiger charge is -2.34. The van der Waals surface area contributed by atoms with E-state index in [1.165, 1.54) is 12.0 Å². The molecule has 0 aromatic heterocycles. The van der Waals surface area contributed by atoms with E-state index in [4.69, 9.17) is 27.9 Å². The first-order chi connectivity index (χ1) is 20.5. The van der Waals surface area contributed by atoms with E-state index >= 15 is 0 Å². The molecule has 0 radical (unpaired) electrons. The van der Waals surface area contributed by atoms with Crippen molar-refractivity contribution >= 4 is 50.7 Å². The van der Waals surface area contributed by atoms with Crippen molar-refractivity contribution in [2.24, 2.45) is 0 Å². The monoisotopic (exact) mass is 645 g/mol. The van der Waals surface area contributed by atoms with Gasteiger partial charge < -0.3 is 15.0 Å². The number of carbonyl (C=O) groups excluding carboxylic acids is 2. The van der Waals surface area contributed by atoms with Crippen molar-refractivity contribution in [2.45, 2.75) is 57.7 Å². The third-order valence-corrected chi connectivity index (χ3v) is 9.32. The Labute approximate surface area is 264 Å². The van der Waals surface area contributed by atoms with Crippen molar-refractivity contribution in [2.75, 3.05) is 24.2 Å².